The molecule has 0 radical (unpaired) electrons. The smallest absolute Gasteiger partial charge is 0.282 e. The minimum absolute atomic E-state index is 0.00694. The van der Waals surface area contributed by atoms with E-state index >= 15 is 0 Å². The van der Waals surface area contributed by atoms with Crippen molar-refractivity contribution in [3.05, 3.63) is 57.1 Å². The monoisotopic (exact) mass is 388 g/mol. The number of rotatable bonds is 5. The number of nitro groups is 1. The Morgan fingerprint density at radius 2 is 2.04 bits per heavy atom. The topological polar surface area (TPSA) is 99.9 Å². The van der Waals surface area contributed by atoms with E-state index in [9.17, 15) is 14.9 Å². The Morgan fingerprint density at radius 1 is 1.22 bits per heavy atom. The molecule has 9 heteroatoms. The fraction of sp³-hybridized carbons (Fsp3) is 0.167. The first-order valence-corrected chi connectivity index (χ1v) is 8.12. The van der Waals surface area contributed by atoms with Crippen molar-refractivity contribution in [3.63, 3.8) is 0 Å². The average molecular weight is 389 g/mol. The second-order valence-electron chi connectivity index (χ2n) is 5.26. The lowest BCUT2D eigenvalue weighted by atomic mass is 10.1. The summed E-state index contributed by atoms with van der Waals surface area (Å²) < 4.78 is 15.9. The van der Waals surface area contributed by atoms with Gasteiger partial charge in [0.15, 0.2) is 11.5 Å². The number of halogens is 1. The molecule has 1 N–H and O–H groups in total. The van der Waals surface area contributed by atoms with Crippen LogP contribution in [-0.4, -0.2) is 30.8 Å². The molecule has 0 unspecified atom stereocenters. The van der Waals surface area contributed by atoms with Gasteiger partial charge in [0.2, 0.25) is 6.79 Å². The Kier molecular flexibility index (Phi) is 5.64. The van der Waals surface area contributed by atoms with Crippen LogP contribution in [0.25, 0.3) is 0 Å². The van der Waals surface area contributed by atoms with Gasteiger partial charge in [0, 0.05) is 17.2 Å². The third-order valence-electron chi connectivity index (χ3n) is 3.52. The third-order valence-corrected chi connectivity index (χ3v) is 3.75. The van der Waals surface area contributed by atoms with Crippen LogP contribution in [0.4, 0.5) is 5.69 Å². The first kappa shape index (κ1) is 18.4. The summed E-state index contributed by atoms with van der Waals surface area (Å²) >= 11 is 5.80. The molecule has 0 atom stereocenters. The molecule has 1 heterocycles. The van der Waals surface area contributed by atoms with E-state index in [1.165, 1.54) is 18.2 Å². The Bertz CT molecular complexity index is 951. The third kappa shape index (κ3) is 4.59. The van der Waals surface area contributed by atoms with Crippen LogP contribution in [0.5, 0.6) is 17.2 Å². The normalized spacial score (nSPS) is 11.3. The van der Waals surface area contributed by atoms with Crippen LogP contribution in [0, 0.1) is 22.0 Å². The summed E-state index contributed by atoms with van der Waals surface area (Å²) in [4.78, 5) is 22.4. The summed E-state index contributed by atoms with van der Waals surface area (Å²) in [5.74, 6) is 6.66. The van der Waals surface area contributed by atoms with Gasteiger partial charge in [0.05, 0.1) is 11.5 Å². The zero-order valence-corrected chi connectivity index (χ0v) is 14.6. The highest BCUT2D eigenvalue weighted by Crippen LogP contribution is 2.34. The van der Waals surface area contributed by atoms with Crippen molar-refractivity contribution in [3.8, 4) is 29.1 Å². The maximum Gasteiger partial charge on any atom is 0.282 e. The van der Waals surface area contributed by atoms with Gasteiger partial charge in [-0.3, -0.25) is 14.9 Å². The molecule has 0 aliphatic carbocycles. The highest BCUT2D eigenvalue weighted by atomic mass is 35.5. The lowest BCUT2D eigenvalue weighted by Crippen LogP contribution is -2.24. The van der Waals surface area contributed by atoms with Crippen molar-refractivity contribution in [2.75, 3.05) is 19.9 Å². The van der Waals surface area contributed by atoms with Gasteiger partial charge in [0.1, 0.15) is 17.9 Å². The zero-order valence-electron chi connectivity index (χ0n) is 13.9. The fourth-order valence-electron chi connectivity index (χ4n) is 2.27. The van der Waals surface area contributed by atoms with E-state index in [1.807, 2.05) is 0 Å². The number of hydrogen-bond acceptors (Lipinski definition) is 6. The number of amides is 1. The molecular formula is C18H13ClN2O6. The van der Waals surface area contributed by atoms with Crippen LogP contribution in [-0.2, 0) is 0 Å². The second-order valence-corrected chi connectivity index (χ2v) is 5.69. The van der Waals surface area contributed by atoms with E-state index in [0.29, 0.717) is 17.2 Å². The molecule has 2 aromatic carbocycles. The molecule has 1 amide bonds. The van der Waals surface area contributed by atoms with Crippen LogP contribution >= 0.6 is 11.6 Å². The number of carbonyl (C=O) groups is 1. The van der Waals surface area contributed by atoms with Crippen LogP contribution in [0.3, 0.4) is 0 Å². The number of carbonyl (C=O) groups excluding carboxylic acids is 1. The van der Waals surface area contributed by atoms with E-state index in [0.717, 1.165) is 0 Å². The first-order valence-electron chi connectivity index (χ1n) is 7.75. The minimum Gasteiger partial charge on any atom is -0.481 e. The molecule has 0 spiro atoms. The maximum atomic E-state index is 12.1. The van der Waals surface area contributed by atoms with E-state index in [1.54, 1.807) is 18.2 Å². The largest absolute Gasteiger partial charge is 0.481 e. The summed E-state index contributed by atoms with van der Waals surface area (Å²) in [6, 6.07) is 8.94. The molecule has 2 aromatic rings. The van der Waals surface area contributed by atoms with Gasteiger partial charge >= 0.3 is 0 Å². The van der Waals surface area contributed by atoms with E-state index in [4.69, 9.17) is 25.8 Å². The summed E-state index contributed by atoms with van der Waals surface area (Å²) in [5.41, 5.74) is -0.443. The Morgan fingerprint density at radius 3 is 2.85 bits per heavy atom. The predicted octanol–water partition coefficient (Wildman–Crippen LogP) is 2.79. The molecule has 0 aromatic heterocycles. The molecule has 0 bridgehead atoms. The number of nitro benzene ring substituents is 1. The summed E-state index contributed by atoms with van der Waals surface area (Å²) in [6.45, 7) is 0.295. The Balaban J connectivity index is 1.50. The van der Waals surface area contributed by atoms with E-state index in [-0.39, 0.29) is 36.2 Å². The maximum absolute atomic E-state index is 12.1. The SMILES string of the molecule is O=C(NCC#CCOc1ccc2c(c1)OCO2)c1cc(Cl)ccc1[N+](=O)[O-]. The molecule has 0 saturated carbocycles. The van der Waals surface area contributed by atoms with Gasteiger partial charge in [-0.15, -0.1) is 0 Å². The van der Waals surface area contributed by atoms with Crippen molar-refractivity contribution in [2.45, 2.75) is 0 Å². The number of benzene rings is 2. The van der Waals surface area contributed by atoms with Gasteiger partial charge in [-0.25, -0.2) is 0 Å². The number of fused-ring (bicyclic) bond motifs is 1. The fourth-order valence-corrected chi connectivity index (χ4v) is 2.44. The molecule has 1 aliphatic rings. The van der Waals surface area contributed by atoms with Crippen LogP contribution in [0.1, 0.15) is 10.4 Å². The molecule has 1 aliphatic heterocycles. The molecule has 27 heavy (non-hydrogen) atoms. The molecule has 8 nitrogen and oxygen atoms in total. The van der Waals surface area contributed by atoms with Gasteiger partial charge in [-0.2, -0.15) is 0 Å². The number of ether oxygens (including phenoxy) is 3. The standard InChI is InChI=1S/C18H13ClN2O6/c19-12-3-5-15(21(23)24)14(9-12)18(22)20-7-1-2-8-25-13-4-6-16-17(10-13)27-11-26-16/h3-6,9-10H,7-8,11H2,(H,20,22). The lowest BCUT2D eigenvalue weighted by molar-refractivity contribution is -0.385. The highest BCUT2D eigenvalue weighted by Gasteiger charge is 2.19. The summed E-state index contributed by atoms with van der Waals surface area (Å²) in [5, 5.41) is 13.7. The number of nitrogens with zero attached hydrogens (tertiary/aromatic N) is 1. The van der Waals surface area contributed by atoms with Crippen LogP contribution in [0.15, 0.2) is 36.4 Å². The van der Waals surface area contributed by atoms with Crippen molar-refractivity contribution in [1.29, 1.82) is 0 Å². The molecule has 3 rings (SSSR count). The quantitative estimate of drug-likeness (QED) is 0.480. The van der Waals surface area contributed by atoms with E-state index in [2.05, 4.69) is 17.2 Å². The van der Waals surface area contributed by atoms with Crippen LogP contribution < -0.4 is 19.5 Å². The summed E-state index contributed by atoms with van der Waals surface area (Å²) in [7, 11) is 0. The Hall–Kier alpha value is -3.44. The van der Waals surface area contributed by atoms with Crippen molar-refractivity contribution < 1.29 is 23.9 Å². The molecule has 138 valence electrons. The van der Waals surface area contributed by atoms with Gasteiger partial charge in [-0.05, 0) is 24.3 Å². The van der Waals surface area contributed by atoms with E-state index < -0.39 is 10.8 Å². The molecule has 0 fully saturated rings. The van der Waals surface area contributed by atoms with Gasteiger partial charge in [0.25, 0.3) is 11.6 Å². The van der Waals surface area contributed by atoms with Gasteiger partial charge in [-0.1, -0.05) is 23.4 Å². The zero-order chi connectivity index (χ0) is 19.2. The Labute approximate surface area is 159 Å². The average Bonchev–Trinajstić information content (AvgIpc) is 3.11. The second kappa shape index (κ2) is 8.29. The van der Waals surface area contributed by atoms with Crippen molar-refractivity contribution >= 4 is 23.2 Å². The first-order chi connectivity index (χ1) is 13.0. The number of hydrogen-bond donors (Lipinski definition) is 1. The molecule has 0 saturated heterocycles. The van der Waals surface area contributed by atoms with Crippen molar-refractivity contribution in [1.82, 2.24) is 5.32 Å². The van der Waals surface area contributed by atoms with Crippen LogP contribution in [0.2, 0.25) is 5.02 Å². The highest BCUT2D eigenvalue weighted by molar-refractivity contribution is 6.31. The predicted molar refractivity (Wildman–Crippen MR) is 96.3 cm³/mol. The lowest BCUT2D eigenvalue weighted by Gasteiger charge is -2.04. The summed E-state index contributed by atoms with van der Waals surface area (Å²) in [6.07, 6.45) is 0. The minimum atomic E-state index is -0.643. The van der Waals surface area contributed by atoms with Crippen molar-refractivity contribution in [2.24, 2.45) is 0 Å². The van der Waals surface area contributed by atoms with Gasteiger partial charge < -0.3 is 19.5 Å². The molecular weight excluding hydrogens is 376 g/mol. The number of nitrogens with one attached hydrogen (secondary N) is 1.